The number of aromatic amines is 1. The zero-order chi connectivity index (χ0) is 19.7. The van der Waals surface area contributed by atoms with E-state index in [4.69, 9.17) is 5.14 Å². The average Bonchev–Trinajstić information content (AvgIpc) is 3.06. The molecule has 1 heterocycles. The minimum Gasteiger partial charge on any atom is -0.263 e. The Hall–Kier alpha value is -2.60. The molecule has 142 valence electrons. The smallest absolute Gasteiger partial charge is 0.241 e. The van der Waals surface area contributed by atoms with Gasteiger partial charge in [0.05, 0.1) is 9.79 Å². The summed E-state index contributed by atoms with van der Waals surface area (Å²) in [5, 5.41) is 11.8. The first-order chi connectivity index (χ1) is 12.7. The van der Waals surface area contributed by atoms with E-state index in [1.165, 1.54) is 12.1 Å². The number of hydrogen-bond acceptors (Lipinski definition) is 6. The van der Waals surface area contributed by atoms with Gasteiger partial charge in [0.2, 0.25) is 20.0 Å². The van der Waals surface area contributed by atoms with Crippen molar-refractivity contribution in [1.29, 1.82) is 0 Å². The van der Waals surface area contributed by atoms with Gasteiger partial charge in [-0.05, 0) is 36.8 Å². The van der Waals surface area contributed by atoms with E-state index in [1.807, 2.05) is 6.07 Å². The van der Waals surface area contributed by atoms with Crippen LogP contribution in [0.25, 0.3) is 0 Å². The zero-order valence-corrected chi connectivity index (χ0v) is 15.8. The maximum atomic E-state index is 12.8. The van der Waals surface area contributed by atoms with Crippen LogP contribution < -0.4 is 9.86 Å². The Labute approximate surface area is 156 Å². The van der Waals surface area contributed by atoms with Crippen LogP contribution >= 0.6 is 0 Å². The van der Waals surface area contributed by atoms with E-state index < -0.39 is 26.1 Å². The lowest BCUT2D eigenvalue weighted by Gasteiger charge is -2.16. The Morgan fingerprint density at radius 3 is 2.07 bits per heavy atom. The molecule has 1 unspecified atom stereocenters. The van der Waals surface area contributed by atoms with Gasteiger partial charge in [-0.15, -0.1) is 0 Å². The summed E-state index contributed by atoms with van der Waals surface area (Å²) in [7, 11) is -7.90. The van der Waals surface area contributed by atoms with Gasteiger partial charge in [-0.3, -0.25) is 5.10 Å². The molecule has 1 atom stereocenters. The fourth-order valence-electron chi connectivity index (χ4n) is 2.44. The molecule has 0 aliphatic carbocycles. The van der Waals surface area contributed by atoms with Gasteiger partial charge < -0.3 is 0 Å². The summed E-state index contributed by atoms with van der Waals surface area (Å²) < 4.78 is 50.8. The van der Waals surface area contributed by atoms with Crippen LogP contribution in [0.15, 0.2) is 64.4 Å². The highest BCUT2D eigenvalue weighted by Gasteiger charge is 2.26. The first-order valence-corrected chi connectivity index (χ1v) is 10.8. The Kier molecular flexibility index (Phi) is 5.11. The van der Waals surface area contributed by atoms with E-state index in [2.05, 4.69) is 19.9 Å². The first kappa shape index (κ1) is 19.2. The predicted molar refractivity (Wildman–Crippen MR) is 97.5 cm³/mol. The van der Waals surface area contributed by atoms with Crippen molar-refractivity contribution < 1.29 is 16.8 Å². The summed E-state index contributed by atoms with van der Waals surface area (Å²) in [5.74, 6) is 0.811. The minimum atomic E-state index is -3.99. The van der Waals surface area contributed by atoms with E-state index in [1.54, 1.807) is 31.2 Å². The summed E-state index contributed by atoms with van der Waals surface area (Å²) in [6, 6.07) is 12.7. The Balaban J connectivity index is 1.97. The third-order valence-electron chi connectivity index (χ3n) is 3.74. The zero-order valence-electron chi connectivity index (χ0n) is 14.2. The molecule has 0 spiro atoms. The quantitative estimate of drug-likeness (QED) is 0.551. The fourth-order valence-corrected chi connectivity index (χ4v) is 4.13. The largest absolute Gasteiger partial charge is 0.263 e. The van der Waals surface area contributed by atoms with Crippen LogP contribution in [0.5, 0.6) is 0 Å². The molecule has 9 nitrogen and oxygen atoms in total. The van der Waals surface area contributed by atoms with Gasteiger partial charge in [0.25, 0.3) is 0 Å². The van der Waals surface area contributed by atoms with Gasteiger partial charge in [-0.25, -0.2) is 27.0 Å². The second kappa shape index (κ2) is 7.19. The van der Waals surface area contributed by atoms with Crippen molar-refractivity contribution in [2.75, 3.05) is 0 Å². The molecular formula is C16H17N5O4S2. The lowest BCUT2D eigenvalue weighted by atomic mass is 10.1. The topological polar surface area (TPSA) is 148 Å². The monoisotopic (exact) mass is 407 g/mol. The van der Waals surface area contributed by atoms with Crippen LogP contribution in [-0.4, -0.2) is 32.0 Å². The molecule has 11 heteroatoms. The SMILES string of the molecule is Cc1nc(C(NS(=O)(=O)c2ccc(S(N)(=O)=O)cc2)c2ccccc2)n[nH]1. The normalized spacial score (nSPS) is 13.4. The number of aromatic nitrogens is 3. The summed E-state index contributed by atoms with van der Waals surface area (Å²) in [6.45, 7) is 1.71. The summed E-state index contributed by atoms with van der Waals surface area (Å²) in [5.41, 5.74) is 0.654. The summed E-state index contributed by atoms with van der Waals surface area (Å²) >= 11 is 0. The molecule has 0 amide bonds. The molecule has 0 saturated heterocycles. The average molecular weight is 407 g/mol. The number of benzene rings is 2. The highest BCUT2D eigenvalue weighted by molar-refractivity contribution is 7.89. The number of H-pyrrole nitrogens is 1. The third-order valence-corrected chi connectivity index (χ3v) is 6.11. The molecule has 3 rings (SSSR count). The lowest BCUT2D eigenvalue weighted by molar-refractivity contribution is 0.567. The number of hydrogen-bond donors (Lipinski definition) is 3. The number of rotatable bonds is 6. The number of nitrogens with zero attached hydrogens (tertiary/aromatic N) is 2. The van der Waals surface area contributed by atoms with Crippen LogP contribution in [0.4, 0.5) is 0 Å². The number of aryl methyl sites for hydroxylation is 1. The Morgan fingerprint density at radius 2 is 1.56 bits per heavy atom. The molecule has 0 radical (unpaired) electrons. The maximum Gasteiger partial charge on any atom is 0.241 e. The summed E-state index contributed by atoms with van der Waals surface area (Å²) in [6.07, 6.45) is 0. The molecule has 0 bridgehead atoms. The van der Waals surface area contributed by atoms with Crippen molar-refractivity contribution in [3.63, 3.8) is 0 Å². The van der Waals surface area contributed by atoms with Crippen molar-refractivity contribution in [3.05, 3.63) is 71.8 Å². The van der Waals surface area contributed by atoms with E-state index in [-0.39, 0.29) is 15.6 Å². The van der Waals surface area contributed by atoms with Crippen molar-refractivity contribution in [1.82, 2.24) is 19.9 Å². The molecule has 27 heavy (non-hydrogen) atoms. The molecule has 3 aromatic rings. The minimum absolute atomic E-state index is 0.108. The van der Waals surface area contributed by atoms with Gasteiger partial charge in [-0.2, -0.15) is 9.82 Å². The first-order valence-electron chi connectivity index (χ1n) is 7.76. The molecule has 2 aromatic carbocycles. The summed E-state index contributed by atoms with van der Waals surface area (Å²) in [4.78, 5) is 3.94. The predicted octanol–water partition coefficient (Wildman–Crippen LogP) is 0.828. The lowest BCUT2D eigenvalue weighted by Crippen LogP contribution is -2.30. The number of primary sulfonamides is 1. The van der Waals surface area contributed by atoms with Gasteiger partial charge in [0.15, 0.2) is 5.82 Å². The van der Waals surface area contributed by atoms with E-state index in [0.717, 1.165) is 12.1 Å². The molecule has 0 saturated carbocycles. The van der Waals surface area contributed by atoms with Gasteiger partial charge in [-0.1, -0.05) is 30.3 Å². The van der Waals surface area contributed by atoms with Crippen molar-refractivity contribution in [2.24, 2.45) is 5.14 Å². The number of nitrogens with two attached hydrogens (primary N) is 1. The molecule has 4 N–H and O–H groups in total. The van der Waals surface area contributed by atoms with Gasteiger partial charge in [0.1, 0.15) is 11.9 Å². The van der Waals surface area contributed by atoms with Crippen LogP contribution in [0, 0.1) is 6.92 Å². The van der Waals surface area contributed by atoms with Gasteiger partial charge in [0, 0.05) is 0 Å². The molecular weight excluding hydrogens is 390 g/mol. The van der Waals surface area contributed by atoms with Crippen molar-refractivity contribution in [3.8, 4) is 0 Å². The van der Waals surface area contributed by atoms with Crippen molar-refractivity contribution >= 4 is 20.0 Å². The fraction of sp³-hybridized carbons (Fsp3) is 0.125. The van der Waals surface area contributed by atoms with E-state index in [9.17, 15) is 16.8 Å². The van der Waals surface area contributed by atoms with Gasteiger partial charge >= 0.3 is 0 Å². The van der Waals surface area contributed by atoms with Crippen LogP contribution in [0.2, 0.25) is 0 Å². The second-order valence-corrected chi connectivity index (χ2v) is 9.04. The Morgan fingerprint density at radius 1 is 0.963 bits per heavy atom. The molecule has 0 aliphatic heterocycles. The Bertz CT molecular complexity index is 1140. The molecule has 0 aliphatic rings. The van der Waals surface area contributed by atoms with Crippen LogP contribution in [0.1, 0.15) is 23.3 Å². The molecule has 0 fully saturated rings. The van der Waals surface area contributed by atoms with Crippen molar-refractivity contribution in [2.45, 2.75) is 22.8 Å². The maximum absolute atomic E-state index is 12.8. The second-order valence-electron chi connectivity index (χ2n) is 5.76. The van der Waals surface area contributed by atoms with E-state index in [0.29, 0.717) is 11.4 Å². The number of nitrogens with one attached hydrogen (secondary N) is 2. The highest BCUT2D eigenvalue weighted by atomic mass is 32.2. The number of sulfonamides is 2. The third kappa shape index (κ3) is 4.39. The van der Waals surface area contributed by atoms with Crippen LogP contribution in [0.3, 0.4) is 0 Å². The van der Waals surface area contributed by atoms with E-state index >= 15 is 0 Å². The van der Waals surface area contributed by atoms with Crippen LogP contribution in [-0.2, 0) is 20.0 Å². The molecule has 1 aromatic heterocycles. The highest BCUT2D eigenvalue weighted by Crippen LogP contribution is 2.22. The standard InChI is InChI=1S/C16H17N5O4S2/c1-11-18-16(20-19-11)15(12-5-3-2-4-6-12)21-27(24,25)14-9-7-13(8-10-14)26(17,22)23/h2-10,15,21H,1H3,(H2,17,22,23)(H,18,19,20).